The molecule has 0 N–H and O–H groups in total. The average Bonchev–Trinajstić information content (AvgIpc) is 2.88. The lowest BCUT2D eigenvalue weighted by molar-refractivity contribution is 0.259. The number of rotatable bonds is 7. The first kappa shape index (κ1) is 17.3. The number of hydrogen-bond donors (Lipinski definition) is 0. The van der Waals surface area contributed by atoms with Gasteiger partial charge in [0.1, 0.15) is 0 Å². The highest BCUT2D eigenvalue weighted by Gasteiger charge is 2.35. The Morgan fingerprint density at radius 3 is 2.27 bits per heavy atom. The standard InChI is InChI=1S/C22H34/c1-7-10-11-22(9-3)14-19-12-18(8-2)21(13-20(19)15-22)17(6)16(4)5/h12-13,16H,6-11,14-15H2,1-5H3. The summed E-state index contributed by atoms with van der Waals surface area (Å²) in [4.78, 5) is 0. The Morgan fingerprint density at radius 2 is 1.77 bits per heavy atom. The minimum absolute atomic E-state index is 0.528. The Kier molecular flexibility index (Phi) is 5.53. The maximum absolute atomic E-state index is 4.36. The molecule has 0 amide bonds. The van der Waals surface area contributed by atoms with Crippen LogP contribution >= 0.6 is 0 Å². The van der Waals surface area contributed by atoms with Crippen molar-refractivity contribution in [2.24, 2.45) is 11.3 Å². The van der Waals surface area contributed by atoms with E-state index in [2.05, 4.69) is 53.3 Å². The molecule has 1 aromatic carbocycles. The van der Waals surface area contributed by atoms with E-state index in [4.69, 9.17) is 0 Å². The molecule has 1 aromatic rings. The molecule has 1 aliphatic carbocycles. The van der Waals surface area contributed by atoms with Crippen molar-refractivity contribution in [2.75, 3.05) is 0 Å². The third kappa shape index (κ3) is 3.31. The number of fused-ring (bicyclic) bond motifs is 1. The van der Waals surface area contributed by atoms with Gasteiger partial charge in [-0.1, -0.05) is 66.2 Å². The summed E-state index contributed by atoms with van der Waals surface area (Å²) in [5.74, 6) is 0.528. The van der Waals surface area contributed by atoms with Gasteiger partial charge in [-0.2, -0.15) is 0 Å². The highest BCUT2D eigenvalue weighted by Crippen LogP contribution is 2.45. The molecule has 1 aliphatic rings. The van der Waals surface area contributed by atoms with E-state index in [0.29, 0.717) is 11.3 Å². The Morgan fingerprint density at radius 1 is 1.14 bits per heavy atom. The molecule has 0 saturated carbocycles. The van der Waals surface area contributed by atoms with Gasteiger partial charge in [-0.15, -0.1) is 0 Å². The number of allylic oxidation sites excluding steroid dienone is 1. The van der Waals surface area contributed by atoms with Crippen LogP contribution in [0, 0.1) is 11.3 Å². The fourth-order valence-electron chi connectivity index (χ4n) is 4.00. The smallest absolute Gasteiger partial charge is 0.0193 e. The van der Waals surface area contributed by atoms with Gasteiger partial charge in [-0.25, -0.2) is 0 Å². The molecule has 2 rings (SSSR count). The second-order valence-corrected chi connectivity index (χ2v) is 7.62. The quantitative estimate of drug-likeness (QED) is 0.531. The average molecular weight is 299 g/mol. The predicted octanol–water partition coefficient (Wildman–Crippen LogP) is 6.60. The van der Waals surface area contributed by atoms with Crippen molar-refractivity contribution in [1.29, 1.82) is 0 Å². The van der Waals surface area contributed by atoms with Crippen molar-refractivity contribution in [3.63, 3.8) is 0 Å². The Balaban J connectivity index is 2.36. The van der Waals surface area contributed by atoms with Crippen LogP contribution in [0.25, 0.3) is 5.57 Å². The summed E-state index contributed by atoms with van der Waals surface area (Å²) in [6, 6.07) is 4.99. The van der Waals surface area contributed by atoms with Crippen molar-refractivity contribution >= 4 is 5.57 Å². The minimum atomic E-state index is 0.528. The van der Waals surface area contributed by atoms with Crippen LogP contribution in [0.3, 0.4) is 0 Å². The first-order chi connectivity index (χ1) is 10.5. The van der Waals surface area contributed by atoms with Gasteiger partial charge in [0.2, 0.25) is 0 Å². The van der Waals surface area contributed by atoms with Crippen LogP contribution in [0.15, 0.2) is 18.7 Å². The molecule has 0 fully saturated rings. The number of hydrogen-bond acceptors (Lipinski definition) is 0. The molecule has 22 heavy (non-hydrogen) atoms. The lowest BCUT2D eigenvalue weighted by Crippen LogP contribution is -2.20. The van der Waals surface area contributed by atoms with Gasteiger partial charge in [0, 0.05) is 0 Å². The second-order valence-electron chi connectivity index (χ2n) is 7.62. The van der Waals surface area contributed by atoms with Crippen LogP contribution in [0.4, 0.5) is 0 Å². The topological polar surface area (TPSA) is 0 Å². The summed E-state index contributed by atoms with van der Waals surface area (Å²) in [5, 5.41) is 0. The van der Waals surface area contributed by atoms with Crippen LogP contribution in [0.2, 0.25) is 0 Å². The number of aryl methyl sites for hydroxylation is 1. The van der Waals surface area contributed by atoms with Gasteiger partial charge in [0.05, 0.1) is 0 Å². The van der Waals surface area contributed by atoms with Crippen LogP contribution in [-0.4, -0.2) is 0 Å². The van der Waals surface area contributed by atoms with Crippen LogP contribution in [0.1, 0.15) is 82.6 Å². The number of unbranched alkanes of at least 4 members (excludes halogenated alkanes) is 1. The van der Waals surface area contributed by atoms with Crippen LogP contribution < -0.4 is 0 Å². The molecule has 0 saturated heterocycles. The Bertz CT molecular complexity index is 535. The zero-order valence-corrected chi connectivity index (χ0v) is 15.4. The third-order valence-corrected chi connectivity index (χ3v) is 5.79. The van der Waals surface area contributed by atoms with E-state index in [1.165, 1.54) is 55.2 Å². The summed E-state index contributed by atoms with van der Waals surface area (Å²) < 4.78 is 0. The zero-order chi connectivity index (χ0) is 16.3. The predicted molar refractivity (Wildman–Crippen MR) is 99.3 cm³/mol. The minimum Gasteiger partial charge on any atom is -0.0950 e. The van der Waals surface area contributed by atoms with Crippen molar-refractivity contribution in [3.8, 4) is 0 Å². The van der Waals surface area contributed by atoms with E-state index in [1.807, 2.05) is 0 Å². The molecular formula is C22H34. The number of benzene rings is 1. The van der Waals surface area contributed by atoms with Crippen LogP contribution in [0.5, 0.6) is 0 Å². The molecule has 0 aliphatic heterocycles. The van der Waals surface area contributed by atoms with E-state index in [1.54, 1.807) is 11.1 Å². The Labute approximate surface area is 138 Å². The summed E-state index contributed by atoms with van der Waals surface area (Å²) in [7, 11) is 0. The van der Waals surface area contributed by atoms with Crippen molar-refractivity contribution < 1.29 is 0 Å². The van der Waals surface area contributed by atoms with Crippen molar-refractivity contribution in [1.82, 2.24) is 0 Å². The summed E-state index contributed by atoms with van der Waals surface area (Å²) in [6.07, 6.45) is 9.06. The second kappa shape index (κ2) is 7.02. The SMILES string of the molecule is C=C(c1cc2c(cc1CC)CC(CC)(CCCC)C2)C(C)C. The molecular weight excluding hydrogens is 264 g/mol. The van der Waals surface area contributed by atoms with E-state index in [9.17, 15) is 0 Å². The fourth-order valence-corrected chi connectivity index (χ4v) is 4.00. The van der Waals surface area contributed by atoms with Gasteiger partial charge >= 0.3 is 0 Å². The summed E-state index contributed by atoms with van der Waals surface area (Å²) >= 11 is 0. The summed E-state index contributed by atoms with van der Waals surface area (Å²) in [6.45, 7) is 15.8. The highest BCUT2D eigenvalue weighted by molar-refractivity contribution is 5.69. The lowest BCUT2D eigenvalue weighted by atomic mass is 9.77. The molecule has 0 heteroatoms. The summed E-state index contributed by atoms with van der Waals surface area (Å²) in [5.41, 5.74) is 7.99. The Hall–Kier alpha value is -1.04. The van der Waals surface area contributed by atoms with Crippen molar-refractivity contribution in [2.45, 2.75) is 79.6 Å². The molecule has 122 valence electrons. The zero-order valence-electron chi connectivity index (χ0n) is 15.4. The monoisotopic (exact) mass is 298 g/mol. The molecule has 0 aromatic heterocycles. The first-order valence-electron chi connectivity index (χ1n) is 9.30. The third-order valence-electron chi connectivity index (χ3n) is 5.79. The lowest BCUT2D eigenvalue weighted by Gasteiger charge is -2.27. The normalized spacial score (nSPS) is 20.5. The van der Waals surface area contributed by atoms with Gasteiger partial charge in [0.25, 0.3) is 0 Å². The van der Waals surface area contributed by atoms with E-state index in [-0.39, 0.29) is 0 Å². The fraction of sp³-hybridized carbons (Fsp3) is 0.636. The molecule has 0 nitrogen and oxygen atoms in total. The highest BCUT2D eigenvalue weighted by atomic mass is 14.4. The van der Waals surface area contributed by atoms with Gasteiger partial charge < -0.3 is 0 Å². The van der Waals surface area contributed by atoms with Gasteiger partial charge in [-0.05, 0) is 71.3 Å². The van der Waals surface area contributed by atoms with Crippen LogP contribution in [-0.2, 0) is 19.3 Å². The van der Waals surface area contributed by atoms with E-state index in [0.717, 1.165) is 6.42 Å². The van der Waals surface area contributed by atoms with E-state index >= 15 is 0 Å². The first-order valence-corrected chi connectivity index (χ1v) is 9.30. The molecule has 0 spiro atoms. The van der Waals surface area contributed by atoms with Crippen molar-refractivity contribution in [3.05, 3.63) is 41.0 Å². The molecule has 1 atom stereocenters. The molecule has 0 heterocycles. The molecule has 1 unspecified atom stereocenters. The maximum Gasteiger partial charge on any atom is -0.0193 e. The van der Waals surface area contributed by atoms with Gasteiger partial charge in [0.15, 0.2) is 0 Å². The maximum atomic E-state index is 4.36. The van der Waals surface area contributed by atoms with Gasteiger partial charge in [-0.3, -0.25) is 0 Å². The van der Waals surface area contributed by atoms with E-state index < -0.39 is 0 Å². The molecule has 0 bridgehead atoms. The molecule has 0 radical (unpaired) electrons. The largest absolute Gasteiger partial charge is 0.0950 e.